The largest absolute Gasteiger partial charge is 0.378 e. The van der Waals surface area contributed by atoms with Crippen LogP contribution >= 0.6 is 0 Å². The van der Waals surface area contributed by atoms with E-state index in [0.29, 0.717) is 0 Å². The van der Waals surface area contributed by atoms with Gasteiger partial charge in [-0.1, -0.05) is 6.07 Å². The maximum Gasteiger partial charge on any atom is 0.129 e. The van der Waals surface area contributed by atoms with Crippen molar-refractivity contribution in [2.75, 3.05) is 38.3 Å². The molecule has 0 radical (unpaired) electrons. The number of aromatic nitrogens is 1. The summed E-state index contributed by atoms with van der Waals surface area (Å²) in [6.07, 6.45) is 0. The average molecular weight is 207 g/mol. The Morgan fingerprint density at radius 3 is 2.93 bits per heavy atom. The first-order valence-electron chi connectivity index (χ1n) is 5.33. The zero-order valence-corrected chi connectivity index (χ0v) is 9.07. The minimum Gasteiger partial charge on any atom is -0.378 e. The molecule has 0 spiro atoms. The van der Waals surface area contributed by atoms with Gasteiger partial charge >= 0.3 is 0 Å². The molecule has 4 nitrogen and oxygen atoms in total. The van der Waals surface area contributed by atoms with E-state index in [0.717, 1.165) is 44.4 Å². The molecule has 0 saturated carbocycles. The molecule has 15 heavy (non-hydrogen) atoms. The molecule has 2 rings (SSSR count). The van der Waals surface area contributed by atoms with Crippen molar-refractivity contribution >= 4 is 5.82 Å². The van der Waals surface area contributed by atoms with Gasteiger partial charge in [0.2, 0.25) is 0 Å². The normalized spacial score (nSPS) is 16.7. The van der Waals surface area contributed by atoms with Crippen LogP contribution in [0.15, 0.2) is 18.2 Å². The molecule has 0 atom stereocenters. The van der Waals surface area contributed by atoms with Crippen LogP contribution in [0, 0.1) is 0 Å². The fraction of sp³-hybridized carbons (Fsp3) is 0.545. The van der Waals surface area contributed by atoms with Gasteiger partial charge in [0, 0.05) is 19.6 Å². The molecule has 1 aliphatic rings. The Labute approximate surface area is 90.3 Å². The third kappa shape index (κ3) is 2.67. The Kier molecular flexibility index (Phi) is 3.53. The number of pyridine rings is 1. The number of nitrogens with one attached hydrogen (secondary N) is 1. The van der Waals surface area contributed by atoms with Crippen LogP contribution in [-0.4, -0.2) is 38.3 Å². The van der Waals surface area contributed by atoms with Crippen molar-refractivity contribution in [2.45, 2.75) is 6.54 Å². The first kappa shape index (κ1) is 10.4. The van der Waals surface area contributed by atoms with Crippen LogP contribution in [0.1, 0.15) is 5.69 Å². The van der Waals surface area contributed by atoms with Crippen molar-refractivity contribution in [3.63, 3.8) is 0 Å². The molecule has 0 aromatic carbocycles. The molecule has 2 heterocycles. The molecule has 0 unspecified atom stereocenters. The number of morpholine rings is 1. The van der Waals surface area contributed by atoms with E-state index in [1.165, 1.54) is 0 Å². The summed E-state index contributed by atoms with van der Waals surface area (Å²) in [5.41, 5.74) is 1.08. The monoisotopic (exact) mass is 207 g/mol. The van der Waals surface area contributed by atoms with Crippen molar-refractivity contribution in [1.29, 1.82) is 0 Å². The molecule has 82 valence electrons. The van der Waals surface area contributed by atoms with E-state index in [4.69, 9.17) is 4.74 Å². The van der Waals surface area contributed by atoms with Gasteiger partial charge in [0.1, 0.15) is 5.82 Å². The topological polar surface area (TPSA) is 37.4 Å². The predicted molar refractivity (Wildman–Crippen MR) is 60.0 cm³/mol. The first-order valence-corrected chi connectivity index (χ1v) is 5.33. The van der Waals surface area contributed by atoms with E-state index in [-0.39, 0.29) is 0 Å². The van der Waals surface area contributed by atoms with Gasteiger partial charge in [-0.2, -0.15) is 0 Å². The predicted octanol–water partition coefficient (Wildman–Crippen LogP) is 0.638. The van der Waals surface area contributed by atoms with Crippen molar-refractivity contribution in [1.82, 2.24) is 10.3 Å². The summed E-state index contributed by atoms with van der Waals surface area (Å²) in [6.45, 7) is 4.31. The van der Waals surface area contributed by atoms with E-state index < -0.39 is 0 Å². The number of hydrogen-bond acceptors (Lipinski definition) is 4. The van der Waals surface area contributed by atoms with Crippen molar-refractivity contribution in [3.8, 4) is 0 Å². The highest BCUT2D eigenvalue weighted by Gasteiger charge is 2.12. The lowest BCUT2D eigenvalue weighted by molar-refractivity contribution is 0.122. The number of ether oxygens (including phenoxy) is 1. The summed E-state index contributed by atoms with van der Waals surface area (Å²) in [5.74, 6) is 1.06. The van der Waals surface area contributed by atoms with Gasteiger partial charge in [-0.25, -0.2) is 4.98 Å². The summed E-state index contributed by atoms with van der Waals surface area (Å²) in [7, 11) is 1.93. The Bertz CT molecular complexity index is 310. The summed E-state index contributed by atoms with van der Waals surface area (Å²) in [6, 6.07) is 6.16. The number of rotatable bonds is 3. The molecule has 1 N–H and O–H groups in total. The first-order chi connectivity index (χ1) is 7.40. The zero-order valence-electron chi connectivity index (χ0n) is 9.07. The fourth-order valence-electron chi connectivity index (χ4n) is 1.72. The lowest BCUT2D eigenvalue weighted by Crippen LogP contribution is -2.36. The molecule has 1 fully saturated rings. The highest BCUT2D eigenvalue weighted by molar-refractivity contribution is 5.39. The van der Waals surface area contributed by atoms with Gasteiger partial charge in [-0.05, 0) is 19.2 Å². The second kappa shape index (κ2) is 5.09. The Hall–Kier alpha value is -1.13. The molecule has 1 aromatic rings. The summed E-state index contributed by atoms with van der Waals surface area (Å²) >= 11 is 0. The van der Waals surface area contributed by atoms with Crippen molar-refractivity contribution < 1.29 is 4.74 Å². The van der Waals surface area contributed by atoms with Gasteiger partial charge in [0.25, 0.3) is 0 Å². The SMILES string of the molecule is CNCc1cccc(N2CCOCC2)n1. The van der Waals surface area contributed by atoms with E-state index in [1.54, 1.807) is 0 Å². The van der Waals surface area contributed by atoms with Crippen LogP contribution in [0.25, 0.3) is 0 Å². The standard InChI is InChI=1S/C11H17N3O/c1-12-9-10-3-2-4-11(13-10)14-5-7-15-8-6-14/h2-4,12H,5-9H2,1H3. The minimum atomic E-state index is 0.804. The molecule has 0 aliphatic carbocycles. The Morgan fingerprint density at radius 2 is 2.20 bits per heavy atom. The molecule has 4 heteroatoms. The highest BCUT2D eigenvalue weighted by Crippen LogP contribution is 2.12. The smallest absolute Gasteiger partial charge is 0.129 e. The second-order valence-corrected chi connectivity index (χ2v) is 3.62. The third-order valence-electron chi connectivity index (χ3n) is 2.49. The van der Waals surface area contributed by atoms with Gasteiger partial charge in [-0.15, -0.1) is 0 Å². The Morgan fingerprint density at radius 1 is 1.40 bits per heavy atom. The Balaban J connectivity index is 2.09. The maximum atomic E-state index is 5.32. The molecule has 1 saturated heterocycles. The minimum absolute atomic E-state index is 0.804. The van der Waals surface area contributed by atoms with Gasteiger partial charge in [-0.3, -0.25) is 0 Å². The summed E-state index contributed by atoms with van der Waals surface area (Å²) in [4.78, 5) is 6.86. The van der Waals surface area contributed by atoms with E-state index in [2.05, 4.69) is 27.3 Å². The van der Waals surface area contributed by atoms with Gasteiger partial charge in [0.15, 0.2) is 0 Å². The van der Waals surface area contributed by atoms with Crippen LogP contribution < -0.4 is 10.2 Å². The van der Waals surface area contributed by atoms with E-state index >= 15 is 0 Å². The lowest BCUT2D eigenvalue weighted by Gasteiger charge is -2.28. The summed E-state index contributed by atoms with van der Waals surface area (Å²) in [5, 5.41) is 3.11. The van der Waals surface area contributed by atoms with Crippen LogP contribution in [0.4, 0.5) is 5.82 Å². The average Bonchev–Trinajstić information content (AvgIpc) is 2.31. The fourth-order valence-corrected chi connectivity index (χ4v) is 1.72. The maximum absolute atomic E-state index is 5.32. The van der Waals surface area contributed by atoms with Crippen LogP contribution in [0.2, 0.25) is 0 Å². The van der Waals surface area contributed by atoms with E-state index in [9.17, 15) is 0 Å². The summed E-state index contributed by atoms with van der Waals surface area (Å²) < 4.78 is 5.32. The quantitative estimate of drug-likeness (QED) is 0.789. The van der Waals surface area contributed by atoms with Crippen LogP contribution in [-0.2, 0) is 11.3 Å². The molecular formula is C11H17N3O. The second-order valence-electron chi connectivity index (χ2n) is 3.62. The molecule has 1 aliphatic heterocycles. The molecular weight excluding hydrogens is 190 g/mol. The lowest BCUT2D eigenvalue weighted by atomic mass is 10.3. The van der Waals surface area contributed by atoms with Crippen molar-refractivity contribution in [2.24, 2.45) is 0 Å². The molecule has 1 aromatic heterocycles. The zero-order chi connectivity index (χ0) is 10.5. The number of hydrogen-bond donors (Lipinski definition) is 1. The highest BCUT2D eigenvalue weighted by atomic mass is 16.5. The number of nitrogens with zero attached hydrogens (tertiary/aromatic N) is 2. The van der Waals surface area contributed by atoms with Crippen molar-refractivity contribution in [3.05, 3.63) is 23.9 Å². The third-order valence-corrected chi connectivity index (χ3v) is 2.49. The van der Waals surface area contributed by atoms with Crippen LogP contribution in [0.5, 0.6) is 0 Å². The molecule has 0 bridgehead atoms. The van der Waals surface area contributed by atoms with Crippen LogP contribution in [0.3, 0.4) is 0 Å². The number of anilines is 1. The van der Waals surface area contributed by atoms with E-state index in [1.807, 2.05) is 13.1 Å². The van der Waals surface area contributed by atoms with Gasteiger partial charge in [0.05, 0.1) is 18.9 Å². The molecule has 0 amide bonds. The van der Waals surface area contributed by atoms with Gasteiger partial charge < -0.3 is 15.0 Å².